The van der Waals surface area contributed by atoms with Gasteiger partial charge in [-0.05, 0) is 73.7 Å². The van der Waals surface area contributed by atoms with Crippen molar-refractivity contribution in [1.82, 2.24) is 0 Å². The van der Waals surface area contributed by atoms with E-state index in [1.807, 2.05) is 91.9 Å². The molecular formula is C29H26N2O3S. The van der Waals surface area contributed by atoms with Gasteiger partial charge in [-0.2, -0.15) is 0 Å². The molecule has 4 aromatic rings. The van der Waals surface area contributed by atoms with E-state index in [1.165, 1.54) is 11.8 Å². The molecule has 0 bridgehead atoms. The van der Waals surface area contributed by atoms with E-state index >= 15 is 0 Å². The van der Waals surface area contributed by atoms with Crippen LogP contribution in [0, 0.1) is 0 Å². The van der Waals surface area contributed by atoms with Crippen molar-refractivity contribution < 1.29 is 14.3 Å². The normalized spacial score (nSPS) is 11.4. The fraction of sp³-hybridized carbons (Fsp3) is 0.103. The molecule has 0 saturated heterocycles. The maximum atomic E-state index is 13.5. The Morgan fingerprint density at radius 1 is 0.800 bits per heavy atom. The average molecular weight is 483 g/mol. The number of para-hydroxylation sites is 2. The van der Waals surface area contributed by atoms with Gasteiger partial charge in [-0.3, -0.25) is 14.5 Å². The van der Waals surface area contributed by atoms with Gasteiger partial charge < -0.3 is 10.1 Å². The minimum absolute atomic E-state index is 0.0113. The molecule has 5 nitrogen and oxygen atoms in total. The summed E-state index contributed by atoms with van der Waals surface area (Å²) in [4.78, 5) is 28.8. The Labute approximate surface area is 209 Å². The minimum Gasteiger partial charge on any atom is -0.497 e. The average Bonchev–Trinajstić information content (AvgIpc) is 2.91. The summed E-state index contributed by atoms with van der Waals surface area (Å²) in [7, 11) is 1.57. The summed E-state index contributed by atoms with van der Waals surface area (Å²) in [6, 6.07) is 33.8. The number of amides is 2. The summed E-state index contributed by atoms with van der Waals surface area (Å²) in [5.74, 6) is 0.403. The molecule has 2 amide bonds. The van der Waals surface area contributed by atoms with Crippen LogP contribution >= 0.6 is 11.8 Å². The number of anilines is 3. The first kappa shape index (κ1) is 24.1. The number of ether oxygens (including phenoxy) is 1. The number of benzene rings is 4. The quantitative estimate of drug-likeness (QED) is 0.281. The van der Waals surface area contributed by atoms with Crippen LogP contribution in [-0.4, -0.2) is 24.2 Å². The third-order valence-electron chi connectivity index (χ3n) is 5.35. The van der Waals surface area contributed by atoms with Crippen LogP contribution in [0.25, 0.3) is 0 Å². The van der Waals surface area contributed by atoms with Gasteiger partial charge in [-0.1, -0.05) is 42.5 Å². The second-order valence-electron chi connectivity index (χ2n) is 7.82. The van der Waals surface area contributed by atoms with E-state index in [0.717, 1.165) is 16.3 Å². The smallest absolute Gasteiger partial charge is 0.255 e. The first-order valence-corrected chi connectivity index (χ1v) is 12.1. The first-order valence-electron chi connectivity index (χ1n) is 11.2. The molecule has 0 fully saturated rings. The highest BCUT2D eigenvalue weighted by Gasteiger charge is 2.24. The van der Waals surface area contributed by atoms with Crippen LogP contribution in [0.15, 0.2) is 114 Å². The number of nitrogens with one attached hydrogen (secondary N) is 1. The van der Waals surface area contributed by atoms with E-state index < -0.39 is 0 Å². The molecule has 4 rings (SSSR count). The van der Waals surface area contributed by atoms with E-state index in [1.54, 1.807) is 36.3 Å². The lowest BCUT2D eigenvalue weighted by molar-refractivity contribution is -0.117. The van der Waals surface area contributed by atoms with Crippen LogP contribution in [0.3, 0.4) is 0 Å². The first-order chi connectivity index (χ1) is 17.0. The number of hydrogen-bond acceptors (Lipinski definition) is 4. The Morgan fingerprint density at radius 2 is 1.40 bits per heavy atom. The highest BCUT2D eigenvalue weighted by atomic mass is 32.2. The molecule has 176 valence electrons. The molecule has 35 heavy (non-hydrogen) atoms. The summed E-state index contributed by atoms with van der Waals surface area (Å²) in [5, 5.41) is 2.57. The van der Waals surface area contributed by atoms with Gasteiger partial charge in [0, 0.05) is 27.5 Å². The Bertz CT molecular complexity index is 1240. The summed E-state index contributed by atoms with van der Waals surface area (Å²) < 4.78 is 5.19. The van der Waals surface area contributed by atoms with Crippen LogP contribution in [0.1, 0.15) is 17.3 Å². The third-order valence-corrected chi connectivity index (χ3v) is 6.45. The van der Waals surface area contributed by atoms with Gasteiger partial charge in [-0.15, -0.1) is 11.8 Å². The fourth-order valence-corrected chi connectivity index (χ4v) is 4.49. The van der Waals surface area contributed by atoms with Crippen molar-refractivity contribution in [3.8, 4) is 5.75 Å². The molecule has 1 N–H and O–H groups in total. The Hall–Kier alpha value is -4.03. The molecule has 0 aliphatic rings. The minimum atomic E-state index is -0.326. The van der Waals surface area contributed by atoms with Gasteiger partial charge in [0.15, 0.2) is 0 Å². The molecule has 0 aliphatic heterocycles. The predicted molar refractivity (Wildman–Crippen MR) is 143 cm³/mol. The van der Waals surface area contributed by atoms with Gasteiger partial charge in [0.2, 0.25) is 5.91 Å². The van der Waals surface area contributed by atoms with E-state index in [4.69, 9.17) is 4.74 Å². The SMILES string of the molecule is COc1cccc(C(=O)Nc2ccc(SC(C)C(=O)N(c3ccccc3)c3ccccc3)cc2)c1. The molecular weight excluding hydrogens is 456 g/mol. The van der Waals surface area contributed by atoms with Crippen LogP contribution < -0.4 is 15.0 Å². The van der Waals surface area contributed by atoms with E-state index in [9.17, 15) is 9.59 Å². The van der Waals surface area contributed by atoms with Crippen molar-refractivity contribution in [3.63, 3.8) is 0 Å². The zero-order valence-corrected chi connectivity index (χ0v) is 20.4. The van der Waals surface area contributed by atoms with Gasteiger partial charge >= 0.3 is 0 Å². The van der Waals surface area contributed by atoms with Gasteiger partial charge in [-0.25, -0.2) is 0 Å². The largest absolute Gasteiger partial charge is 0.497 e. The number of rotatable bonds is 8. The molecule has 1 unspecified atom stereocenters. The Kier molecular flexibility index (Phi) is 7.85. The lowest BCUT2D eigenvalue weighted by Crippen LogP contribution is -2.32. The molecule has 4 aromatic carbocycles. The number of carbonyl (C=O) groups is 2. The number of carbonyl (C=O) groups excluding carboxylic acids is 2. The van der Waals surface area contributed by atoms with E-state index in [2.05, 4.69) is 5.32 Å². The molecule has 0 aliphatic carbocycles. The lowest BCUT2D eigenvalue weighted by atomic mass is 10.2. The van der Waals surface area contributed by atoms with Crippen LogP contribution in [-0.2, 0) is 4.79 Å². The van der Waals surface area contributed by atoms with Crippen LogP contribution in [0.2, 0.25) is 0 Å². The van der Waals surface area contributed by atoms with Crippen molar-refractivity contribution in [3.05, 3.63) is 115 Å². The van der Waals surface area contributed by atoms with Crippen molar-refractivity contribution >= 4 is 40.6 Å². The van der Waals surface area contributed by atoms with E-state index in [-0.39, 0.29) is 17.1 Å². The third kappa shape index (κ3) is 6.11. The number of thioether (sulfide) groups is 1. The van der Waals surface area contributed by atoms with Crippen LogP contribution in [0.5, 0.6) is 5.75 Å². The molecule has 0 radical (unpaired) electrons. The molecule has 0 saturated carbocycles. The standard InChI is InChI=1S/C29H26N2O3S/c1-21(29(33)31(24-11-5-3-6-12-24)25-13-7-4-8-14-25)35-27-18-16-23(17-19-27)30-28(32)22-10-9-15-26(20-22)34-2/h3-21H,1-2H3,(H,30,32). The Balaban J connectivity index is 1.44. The summed E-state index contributed by atoms with van der Waals surface area (Å²) >= 11 is 1.48. The molecule has 0 heterocycles. The zero-order chi connectivity index (χ0) is 24.6. The summed E-state index contributed by atoms with van der Waals surface area (Å²) in [6.07, 6.45) is 0. The maximum Gasteiger partial charge on any atom is 0.255 e. The topological polar surface area (TPSA) is 58.6 Å². The molecule has 0 spiro atoms. The summed E-state index contributed by atoms with van der Waals surface area (Å²) in [6.45, 7) is 1.91. The predicted octanol–water partition coefficient (Wildman–Crippen LogP) is 6.79. The number of nitrogens with zero attached hydrogens (tertiary/aromatic N) is 1. The zero-order valence-electron chi connectivity index (χ0n) is 19.5. The highest BCUT2D eigenvalue weighted by Crippen LogP contribution is 2.31. The van der Waals surface area contributed by atoms with Crippen molar-refractivity contribution in [2.45, 2.75) is 17.1 Å². The molecule has 6 heteroatoms. The second kappa shape index (κ2) is 11.4. The van der Waals surface area contributed by atoms with Gasteiger partial charge in [0.1, 0.15) is 5.75 Å². The number of methoxy groups -OCH3 is 1. The van der Waals surface area contributed by atoms with E-state index in [0.29, 0.717) is 17.0 Å². The van der Waals surface area contributed by atoms with Crippen molar-refractivity contribution in [2.75, 3.05) is 17.3 Å². The second-order valence-corrected chi connectivity index (χ2v) is 9.23. The van der Waals surface area contributed by atoms with Crippen molar-refractivity contribution in [2.24, 2.45) is 0 Å². The number of hydrogen-bond donors (Lipinski definition) is 1. The summed E-state index contributed by atoms with van der Waals surface area (Å²) in [5.41, 5.74) is 2.85. The van der Waals surface area contributed by atoms with Crippen LogP contribution in [0.4, 0.5) is 17.1 Å². The highest BCUT2D eigenvalue weighted by molar-refractivity contribution is 8.00. The van der Waals surface area contributed by atoms with Crippen molar-refractivity contribution in [1.29, 1.82) is 0 Å². The van der Waals surface area contributed by atoms with Gasteiger partial charge in [0.25, 0.3) is 5.91 Å². The Morgan fingerprint density at radius 3 is 1.97 bits per heavy atom. The molecule has 1 atom stereocenters. The molecule has 0 aromatic heterocycles. The monoisotopic (exact) mass is 482 g/mol. The van der Waals surface area contributed by atoms with Gasteiger partial charge in [0.05, 0.1) is 12.4 Å². The maximum absolute atomic E-state index is 13.5. The fourth-order valence-electron chi connectivity index (χ4n) is 3.58. The lowest BCUT2D eigenvalue weighted by Gasteiger charge is -2.26.